The first-order valence-corrected chi connectivity index (χ1v) is 11.4. The lowest BCUT2D eigenvalue weighted by molar-refractivity contribution is 0.222. The summed E-state index contributed by atoms with van der Waals surface area (Å²) in [6.45, 7) is 1.57. The number of rotatable bonds is 5. The average Bonchev–Trinajstić information content (AvgIpc) is 3.18. The molecule has 6 nitrogen and oxygen atoms in total. The van der Waals surface area contributed by atoms with E-state index in [1.165, 1.54) is 4.31 Å². The molecular weight excluding hydrogens is 421 g/mol. The number of halogens is 2. The van der Waals surface area contributed by atoms with Crippen LogP contribution in [-0.4, -0.2) is 38.7 Å². The van der Waals surface area contributed by atoms with E-state index in [-0.39, 0.29) is 12.6 Å². The van der Waals surface area contributed by atoms with Crippen molar-refractivity contribution < 1.29 is 13.2 Å². The molecule has 9 heteroatoms. The SMILES string of the molecule is CS(=O)(=O)N(Cc1cccc(Cl)c1Cl)c1ccc(NC(=O)N2CCCC2)cc1. The van der Waals surface area contributed by atoms with Crippen molar-refractivity contribution in [3.63, 3.8) is 0 Å². The number of anilines is 2. The molecule has 3 rings (SSSR count). The van der Waals surface area contributed by atoms with Crippen molar-refractivity contribution in [3.05, 3.63) is 58.1 Å². The summed E-state index contributed by atoms with van der Waals surface area (Å²) in [5.41, 5.74) is 1.68. The molecule has 0 radical (unpaired) electrons. The summed E-state index contributed by atoms with van der Waals surface area (Å²) >= 11 is 12.3. The third kappa shape index (κ3) is 4.90. The first kappa shape index (κ1) is 20.8. The number of carbonyl (C=O) groups excluding carboxylic acids is 1. The molecule has 2 amide bonds. The fourth-order valence-corrected chi connectivity index (χ4v) is 4.32. The van der Waals surface area contributed by atoms with Gasteiger partial charge in [-0.05, 0) is 48.7 Å². The summed E-state index contributed by atoms with van der Waals surface area (Å²) in [4.78, 5) is 13.9. The number of nitrogens with zero attached hydrogens (tertiary/aromatic N) is 2. The second-order valence-electron chi connectivity index (χ2n) is 6.65. The molecule has 0 atom stereocenters. The number of likely N-dealkylation sites (tertiary alicyclic amines) is 1. The molecule has 2 aromatic carbocycles. The van der Waals surface area contributed by atoms with Gasteiger partial charge in [0, 0.05) is 18.8 Å². The van der Waals surface area contributed by atoms with E-state index in [1.54, 1.807) is 47.4 Å². The molecule has 150 valence electrons. The zero-order valence-corrected chi connectivity index (χ0v) is 17.7. The third-order valence-corrected chi connectivity index (χ3v) is 6.54. The Morgan fingerprint density at radius 1 is 1.11 bits per heavy atom. The van der Waals surface area contributed by atoms with Crippen LogP contribution in [0, 0.1) is 0 Å². The molecule has 0 saturated carbocycles. The molecule has 0 aliphatic carbocycles. The largest absolute Gasteiger partial charge is 0.325 e. The van der Waals surface area contributed by atoms with Crippen LogP contribution >= 0.6 is 23.2 Å². The smallest absolute Gasteiger partial charge is 0.321 e. The molecule has 1 N–H and O–H groups in total. The predicted octanol–water partition coefficient (Wildman–Crippen LogP) is 4.59. The Labute approximate surface area is 175 Å². The van der Waals surface area contributed by atoms with Gasteiger partial charge in [-0.15, -0.1) is 0 Å². The molecule has 0 bridgehead atoms. The number of hydrogen-bond donors (Lipinski definition) is 1. The monoisotopic (exact) mass is 441 g/mol. The lowest BCUT2D eigenvalue weighted by atomic mass is 10.2. The van der Waals surface area contributed by atoms with Gasteiger partial charge in [-0.2, -0.15) is 0 Å². The highest BCUT2D eigenvalue weighted by Crippen LogP contribution is 2.29. The van der Waals surface area contributed by atoms with Crippen LogP contribution < -0.4 is 9.62 Å². The second-order valence-corrected chi connectivity index (χ2v) is 9.35. The normalized spacial score (nSPS) is 14.2. The highest BCUT2D eigenvalue weighted by atomic mass is 35.5. The summed E-state index contributed by atoms with van der Waals surface area (Å²) < 4.78 is 25.9. The summed E-state index contributed by atoms with van der Waals surface area (Å²) in [7, 11) is -3.56. The molecular formula is C19H21Cl2N3O3S. The van der Waals surface area contributed by atoms with E-state index < -0.39 is 10.0 Å². The Kier molecular flexibility index (Phi) is 6.37. The summed E-state index contributed by atoms with van der Waals surface area (Å²) in [6, 6.07) is 11.6. The lowest BCUT2D eigenvalue weighted by Gasteiger charge is -2.23. The fourth-order valence-electron chi connectivity index (χ4n) is 3.06. The van der Waals surface area contributed by atoms with Crippen LogP contribution in [-0.2, 0) is 16.6 Å². The first-order chi connectivity index (χ1) is 13.3. The van der Waals surface area contributed by atoms with E-state index in [0.29, 0.717) is 27.0 Å². The van der Waals surface area contributed by atoms with Crippen molar-refractivity contribution in [2.24, 2.45) is 0 Å². The Morgan fingerprint density at radius 3 is 2.36 bits per heavy atom. The number of sulfonamides is 1. The average molecular weight is 442 g/mol. The van der Waals surface area contributed by atoms with Crippen LogP contribution in [0.25, 0.3) is 0 Å². The Hall–Kier alpha value is -1.96. The molecule has 0 aromatic heterocycles. The van der Waals surface area contributed by atoms with E-state index in [1.807, 2.05) is 0 Å². The topological polar surface area (TPSA) is 69.7 Å². The summed E-state index contributed by atoms with van der Waals surface area (Å²) in [5, 5.41) is 3.53. The van der Waals surface area contributed by atoms with Gasteiger partial charge < -0.3 is 10.2 Å². The van der Waals surface area contributed by atoms with Crippen molar-refractivity contribution >= 4 is 50.6 Å². The highest BCUT2D eigenvalue weighted by Gasteiger charge is 2.21. The van der Waals surface area contributed by atoms with E-state index in [4.69, 9.17) is 23.2 Å². The van der Waals surface area contributed by atoms with Crippen LogP contribution in [0.1, 0.15) is 18.4 Å². The van der Waals surface area contributed by atoms with Gasteiger partial charge in [-0.25, -0.2) is 13.2 Å². The number of carbonyl (C=O) groups is 1. The zero-order valence-electron chi connectivity index (χ0n) is 15.4. The molecule has 1 saturated heterocycles. The van der Waals surface area contributed by atoms with Gasteiger partial charge in [0.25, 0.3) is 0 Å². The van der Waals surface area contributed by atoms with Gasteiger partial charge in [0.2, 0.25) is 10.0 Å². The fraction of sp³-hybridized carbons (Fsp3) is 0.316. The Bertz CT molecular complexity index is 959. The van der Waals surface area contributed by atoms with E-state index in [9.17, 15) is 13.2 Å². The molecule has 0 unspecified atom stereocenters. The van der Waals surface area contributed by atoms with Crippen molar-refractivity contribution in [2.75, 3.05) is 29.0 Å². The van der Waals surface area contributed by atoms with Gasteiger partial charge in [0.1, 0.15) is 0 Å². The molecule has 1 heterocycles. The van der Waals surface area contributed by atoms with Crippen LogP contribution in [0.3, 0.4) is 0 Å². The van der Waals surface area contributed by atoms with Crippen LogP contribution in [0.5, 0.6) is 0 Å². The highest BCUT2D eigenvalue weighted by molar-refractivity contribution is 7.92. The number of benzene rings is 2. The number of nitrogens with one attached hydrogen (secondary N) is 1. The Morgan fingerprint density at radius 2 is 1.75 bits per heavy atom. The summed E-state index contributed by atoms with van der Waals surface area (Å²) in [6.07, 6.45) is 3.16. The van der Waals surface area contributed by atoms with Gasteiger partial charge in [-0.1, -0.05) is 35.3 Å². The first-order valence-electron chi connectivity index (χ1n) is 8.82. The maximum atomic E-state index is 12.3. The van der Waals surface area contributed by atoms with Gasteiger partial charge in [0.15, 0.2) is 0 Å². The second kappa shape index (κ2) is 8.59. The Balaban J connectivity index is 1.79. The van der Waals surface area contributed by atoms with Crippen molar-refractivity contribution in [2.45, 2.75) is 19.4 Å². The standard InChI is InChI=1S/C19H21Cl2N3O3S/c1-28(26,27)24(13-14-5-4-6-17(20)18(14)21)16-9-7-15(8-10-16)22-19(25)23-11-2-3-12-23/h4-10H,2-3,11-13H2,1H3,(H,22,25). The molecule has 1 fully saturated rings. The van der Waals surface area contributed by atoms with E-state index in [2.05, 4.69) is 5.32 Å². The van der Waals surface area contributed by atoms with Crippen molar-refractivity contribution in [3.8, 4) is 0 Å². The van der Waals surface area contributed by atoms with Crippen LogP contribution in [0.15, 0.2) is 42.5 Å². The van der Waals surface area contributed by atoms with Gasteiger partial charge in [-0.3, -0.25) is 4.31 Å². The number of urea groups is 1. The molecule has 1 aliphatic heterocycles. The molecule has 2 aromatic rings. The van der Waals surface area contributed by atoms with E-state index in [0.717, 1.165) is 32.2 Å². The summed E-state index contributed by atoms with van der Waals surface area (Å²) in [5.74, 6) is 0. The maximum Gasteiger partial charge on any atom is 0.321 e. The lowest BCUT2D eigenvalue weighted by Crippen LogP contribution is -2.32. The minimum atomic E-state index is -3.56. The van der Waals surface area contributed by atoms with Crippen LogP contribution in [0.2, 0.25) is 10.0 Å². The molecule has 0 spiro atoms. The number of amides is 2. The minimum Gasteiger partial charge on any atom is -0.325 e. The van der Waals surface area contributed by atoms with Crippen molar-refractivity contribution in [1.29, 1.82) is 0 Å². The number of hydrogen-bond acceptors (Lipinski definition) is 3. The van der Waals surface area contributed by atoms with Gasteiger partial charge in [0.05, 0.1) is 28.5 Å². The predicted molar refractivity (Wildman–Crippen MR) is 114 cm³/mol. The molecule has 1 aliphatic rings. The maximum absolute atomic E-state index is 12.3. The zero-order chi connectivity index (χ0) is 20.3. The minimum absolute atomic E-state index is 0.0533. The van der Waals surface area contributed by atoms with Crippen molar-refractivity contribution in [1.82, 2.24) is 4.90 Å². The quantitative estimate of drug-likeness (QED) is 0.737. The van der Waals surface area contributed by atoms with Crippen LogP contribution in [0.4, 0.5) is 16.2 Å². The third-order valence-electron chi connectivity index (χ3n) is 4.55. The van der Waals surface area contributed by atoms with E-state index >= 15 is 0 Å². The molecule has 28 heavy (non-hydrogen) atoms. The van der Waals surface area contributed by atoms with Gasteiger partial charge >= 0.3 is 6.03 Å².